The lowest BCUT2D eigenvalue weighted by molar-refractivity contribution is -0.136. The van der Waals surface area contributed by atoms with Gasteiger partial charge in [-0.05, 0) is 42.0 Å². The topological polar surface area (TPSA) is 118 Å². The van der Waals surface area contributed by atoms with Crippen molar-refractivity contribution < 1.29 is 23.9 Å². The molecule has 0 unspecified atom stereocenters. The van der Waals surface area contributed by atoms with Crippen molar-refractivity contribution in [2.75, 3.05) is 24.4 Å². The molecule has 3 amide bonds. The van der Waals surface area contributed by atoms with Crippen molar-refractivity contribution >= 4 is 35.3 Å². The Kier molecular flexibility index (Phi) is 8.13. The highest BCUT2D eigenvalue weighted by atomic mass is 16.5. The molecule has 0 radical (unpaired) electrons. The van der Waals surface area contributed by atoms with Crippen molar-refractivity contribution in [1.29, 1.82) is 0 Å². The van der Waals surface area contributed by atoms with Crippen molar-refractivity contribution in [3.63, 3.8) is 0 Å². The highest BCUT2D eigenvalue weighted by Gasteiger charge is 2.13. The van der Waals surface area contributed by atoms with E-state index in [2.05, 4.69) is 21.2 Å². The molecule has 3 aromatic rings. The zero-order valence-electron chi connectivity index (χ0n) is 17.8. The van der Waals surface area contributed by atoms with Crippen molar-refractivity contribution in [2.45, 2.75) is 0 Å². The lowest BCUT2D eigenvalue weighted by Crippen LogP contribution is -2.32. The maximum Gasteiger partial charge on any atom is 0.329 e. The smallest absolute Gasteiger partial charge is 0.329 e. The van der Waals surface area contributed by atoms with Gasteiger partial charge in [0.15, 0.2) is 6.61 Å². The maximum absolute atomic E-state index is 12.0. The first kappa shape index (κ1) is 23.0. The third-order valence-corrected chi connectivity index (χ3v) is 4.20. The fraction of sp³-hybridized carbons (Fsp3) is 0.0833. The van der Waals surface area contributed by atoms with E-state index >= 15 is 0 Å². The molecule has 9 heteroatoms. The second-order valence-electron chi connectivity index (χ2n) is 6.66. The molecule has 9 nitrogen and oxygen atoms in total. The molecule has 0 atom stereocenters. The van der Waals surface area contributed by atoms with Gasteiger partial charge >= 0.3 is 11.8 Å². The van der Waals surface area contributed by atoms with Gasteiger partial charge in [0, 0.05) is 17.4 Å². The second kappa shape index (κ2) is 11.7. The standard InChI is InChI=1S/C24H22N4O5/c1-32-20-11-6-10-19(14-20)27-23(30)24(31)28-25-15-17-7-5-12-21(13-17)33-16-22(29)26-18-8-3-2-4-9-18/h2-15H,16H2,1H3,(H,26,29)(H,27,30)(H,28,31)/b25-15-. The van der Waals surface area contributed by atoms with Crippen LogP contribution in [0.1, 0.15) is 5.56 Å². The molecule has 0 aromatic heterocycles. The van der Waals surface area contributed by atoms with Crippen molar-refractivity contribution in [3.8, 4) is 11.5 Å². The Morgan fingerprint density at radius 2 is 1.55 bits per heavy atom. The lowest BCUT2D eigenvalue weighted by Gasteiger charge is -2.08. The number of benzene rings is 3. The molecule has 0 fully saturated rings. The van der Waals surface area contributed by atoms with E-state index in [9.17, 15) is 14.4 Å². The molecule has 33 heavy (non-hydrogen) atoms. The summed E-state index contributed by atoms with van der Waals surface area (Å²) in [6, 6.07) is 22.4. The van der Waals surface area contributed by atoms with Crippen LogP contribution in [-0.2, 0) is 14.4 Å². The number of hydrogen-bond acceptors (Lipinski definition) is 6. The number of nitrogens with zero attached hydrogens (tertiary/aromatic N) is 1. The van der Waals surface area contributed by atoms with Gasteiger partial charge < -0.3 is 20.1 Å². The van der Waals surface area contributed by atoms with Gasteiger partial charge in [-0.1, -0.05) is 36.4 Å². The van der Waals surface area contributed by atoms with Gasteiger partial charge in [-0.15, -0.1) is 0 Å². The first-order chi connectivity index (χ1) is 16.0. The Labute approximate surface area is 190 Å². The van der Waals surface area contributed by atoms with Crippen molar-refractivity contribution in [2.24, 2.45) is 5.10 Å². The molecule has 0 aliphatic rings. The Morgan fingerprint density at radius 1 is 0.818 bits per heavy atom. The molecule has 0 spiro atoms. The number of anilines is 2. The van der Waals surface area contributed by atoms with Crippen LogP contribution in [0.2, 0.25) is 0 Å². The summed E-state index contributed by atoms with van der Waals surface area (Å²) in [4.78, 5) is 35.9. The summed E-state index contributed by atoms with van der Waals surface area (Å²) in [5.74, 6) is -1.11. The van der Waals surface area contributed by atoms with Gasteiger partial charge in [-0.3, -0.25) is 14.4 Å². The SMILES string of the molecule is COc1cccc(NC(=O)C(=O)N/N=C\c2cccc(OCC(=O)Nc3ccccc3)c2)c1. The van der Waals surface area contributed by atoms with Crippen LogP contribution >= 0.6 is 0 Å². The molecule has 3 aromatic carbocycles. The van der Waals surface area contributed by atoms with Gasteiger partial charge in [0.1, 0.15) is 11.5 Å². The zero-order chi connectivity index (χ0) is 23.5. The summed E-state index contributed by atoms with van der Waals surface area (Å²) < 4.78 is 10.6. The number of methoxy groups -OCH3 is 1. The minimum absolute atomic E-state index is 0.170. The average Bonchev–Trinajstić information content (AvgIpc) is 2.83. The zero-order valence-corrected chi connectivity index (χ0v) is 17.8. The van der Waals surface area contributed by atoms with Crippen LogP contribution in [0.4, 0.5) is 11.4 Å². The third-order valence-electron chi connectivity index (χ3n) is 4.20. The molecule has 0 bridgehead atoms. The van der Waals surface area contributed by atoms with Crippen LogP contribution in [0, 0.1) is 0 Å². The Hall–Kier alpha value is -4.66. The summed E-state index contributed by atoms with van der Waals surface area (Å²) in [5, 5.41) is 8.97. The van der Waals surface area contributed by atoms with E-state index in [0.717, 1.165) is 0 Å². The van der Waals surface area contributed by atoms with Crippen LogP contribution in [0.15, 0.2) is 84.0 Å². The first-order valence-corrected chi connectivity index (χ1v) is 9.89. The molecule has 0 saturated carbocycles. The monoisotopic (exact) mass is 446 g/mol. The predicted octanol–water partition coefficient (Wildman–Crippen LogP) is 2.80. The largest absolute Gasteiger partial charge is 0.497 e. The predicted molar refractivity (Wildman–Crippen MR) is 124 cm³/mol. The van der Waals surface area contributed by atoms with E-state index < -0.39 is 11.8 Å². The van der Waals surface area contributed by atoms with Crippen molar-refractivity contribution in [3.05, 3.63) is 84.4 Å². The number of amides is 3. The number of carbonyl (C=O) groups excluding carboxylic acids is 3. The van der Waals surface area contributed by atoms with Crippen LogP contribution in [-0.4, -0.2) is 37.7 Å². The second-order valence-corrected chi connectivity index (χ2v) is 6.66. The number of carbonyl (C=O) groups is 3. The summed E-state index contributed by atoms with van der Waals surface area (Å²) in [5.41, 5.74) is 3.86. The van der Waals surface area contributed by atoms with Gasteiger partial charge in [0.2, 0.25) is 0 Å². The number of hydrazone groups is 1. The minimum atomic E-state index is -0.931. The first-order valence-electron chi connectivity index (χ1n) is 9.89. The van der Waals surface area contributed by atoms with E-state index in [1.807, 2.05) is 18.2 Å². The summed E-state index contributed by atoms with van der Waals surface area (Å²) in [6.45, 7) is -0.170. The number of para-hydroxylation sites is 1. The van der Waals surface area contributed by atoms with E-state index in [1.165, 1.54) is 13.3 Å². The number of rotatable bonds is 8. The summed E-state index contributed by atoms with van der Waals surface area (Å²) in [7, 11) is 1.50. The molecule has 3 N–H and O–H groups in total. The minimum Gasteiger partial charge on any atom is -0.497 e. The molecule has 0 heterocycles. The van der Waals surface area contributed by atoms with E-state index in [-0.39, 0.29) is 12.5 Å². The van der Waals surface area contributed by atoms with E-state index in [1.54, 1.807) is 60.7 Å². The molecule has 0 saturated heterocycles. The Balaban J connectivity index is 1.47. The highest BCUT2D eigenvalue weighted by Crippen LogP contribution is 2.16. The Bertz CT molecular complexity index is 1150. The van der Waals surface area contributed by atoms with Gasteiger partial charge in [-0.25, -0.2) is 5.43 Å². The molecule has 0 aliphatic heterocycles. The Morgan fingerprint density at radius 3 is 2.33 bits per heavy atom. The normalized spacial score (nSPS) is 10.3. The molecule has 168 valence electrons. The molecule has 3 rings (SSSR count). The number of hydrogen-bond donors (Lipinski definition) is 3. The van der Waals surface area contributed by atoms with Crippen LogP contribution in [0.25, 0.3) is 0 Å². The van der Waals surface area contributed by atoms with Gasteiger partial charge in [0.25, 0.3) is 5.91 Å². The van der Waals surface area contributed by atoms with Gasteiger partial charge in [0.05, 0.1) is 13.3 Å². The number of ether oxygens (including phenoxy) is 2. The van der Waals surface area contributed by atoms with Crippen LogP contribution < -0.4 is 25.5 Å². The van der Waals surface area contributed by atoms with Crippen molar-refractivity contribution in [1.82, 2.24) is 5.43 Å². The quantitative estimate of drug-likeness (QED) is 0.279. The van der Waals surface area contributed by atoms with Gasteiger partial charge in [-0.2, -0.15) is 5.10 Å². The lowest BCUT2D eigenvalue weighted by atomic mass is 10.2. The number of nitrogens with one attached hydrogen (secondary N) is 3. The van der Waals surface area contributed by atoms with Crippen LogP contribution in [0.3, 0.4) is 0 Å². The average molecular weight is 446 g/mol. The van der Waals surface area contributed by atoms with Crippen LogP contribution in [0.5, 0.6) is 11.5 Å². The molecule has 0 aliphatic carbocycles. The maximum atomic E-state index is 12.0. The summed E-state index contributed by atoms with van der Waals surface area (Å²) >= 11 is 0. The van der Waals surface area contributed by atoms with E-state index in [4.69, 9.17) is 9.47 Å². The highest BCUT2D eigenvalue weighted by molar-refractivity contribution is 6.39. The fourth-order valence-electron chi connectivity index (χ4n) is 2.66. The summed E-state index contributed by atoms with van der Waals surface area (Å²) in [6.07, 6.45) is 1.35. The van der Waals surface area contributed by atoms with E-state index in [0.29, 0.717) is 28.4 Å². The molecular weight excluding hydrogens is 424 g/mol. The molecular formula is C24H22N4O5. The third kappa shape index (κ3) is 7.51. The fourth-order valence-corrected chi connectivity index (χ4v) is 2.66.